The van der Waals surface area contributed by atoms with E-state index in [1.54, 1.807) is 5.38 Å². The normalized spacial score (nSPS) is 17.0. The SMILES string of the molecule is O=C(O)c1csc(N2CCOCC2)n1. The van der Waals surface area contributed by atoms with Gasteiger partial charge in [0.25, 0.3) is 0 Å². The largest absolute Gasteiger partial charge is 0.476 e. The van der Waals surface area contributed by atoms with Gasteiger partial charge in [-0.1, -0.05) is 0 Å². The first-order valence-electron chi connectivity index (χ1n) is 4.29. The number of thiazole rings is 1. The maximum Gasteiger partial charge on any atom is 0.355 e. The van der Waals surface area contributed by atoms with E-state index in [-0.39, 0.29) is 5.69 Å². The summed E-state index contributed by atoms with van der Waals surface area (Å²) >= 11 is 1.36. The van der Waals surface area contributed by atoms with E-state index < -0.39 is 5.97 Å². The van der Waals surface area contributed by atoms with Crippen LogP contribution in [0, 0.1) is 0 Å². The molecule has 6 heteroatoms. The van der Waals surface area contributed by atoms with Crippen LogP contribution in [0.1, 0.15) is 10.5 Å². The summed E-state index contributed by atoms with van der Waals surface area (Å²) in [5.74, 6) is -0.972. The number of carboxylic acid groups (broad SMARTS) is 1. The Kier molecular flexibility index (Phi) is 2.64. The molecule has 0 amide bonds. The lowest BCUT2D eigenvalue weighted by Crippen LogP contribution is -2.36. The number of carboxylic acids is 1. The van der Waals surface area contributed by atoms with E-state index in [1.807, 2.05) is 4.90 Å². The van der Waals surface area contributed by atoms with E-state index in [2.05, 4.69) is 4.98 Å². The van der Waals surface area contributed by atoms with Crippen LogP contribution in [0.25, 0.3) is 0 Å². The zero-order valence-corrected chi connectivity index (χ0v) is 8.29. The summed E-state index contributed by atoms with van der Waals surface area (Å²) in [5.41, 5.74) is 0.122. The lowest BCUT2D eigenvalue weighted by molar-refractivity contribution is 0.0691. The molecule has 2 rings (SSSR count). The molecule has 5 nitrogen and oxygen atoms in total. The van der Waals surface area contributed by atoms with Crippen LogP contribution in [0.5, 0.6) is 0 Å². The number of carbonyl (C=O) groups is 1. The summed E-state index contributed by atoms with van der Waals surface area (Å²) in [6.07, 6.45) is 0. The molecule has 2 heterocycles. The van der Waals surface area contributed by atoms with Gasteiger partial charge >= 0.3 is 5.97 Å². The molecule has 0 spiro atoms. The Bertz CT molecular complexity index is 333. The zero-order chi connectivity index (χ0) is 9.97. The first-order valence-corrected chi connectivity index (χ1v) is 5.17. The number of rotatable bonds is 2. The van der Waals surface area contributed by atoms with Gasteiger partial charge in [0, 0.05) is 18.5 Å². The lowest BCUT2D eigenvalue weighted by atomic mass is 10.4. The Labute approximate surface area is 84.9 Å². The van der Waals surface area contributed by atoms with E-state index in [1.165, 1.54) is 11.3 Å². The van der Waals surface area contributed by atoms with Gasteiger partial charge in [0.1, 0.15) is 0 Å². The molecule has 0 unspecified atom stereocenters. The Morgan fingerprint density at radius 2 is 2.29 bits per heavy atom. The van der Waals surface area contributed by atoms with Crippen LogP contribution in [0.2, 0.25) is 0 Å². The van der Waals surface area contributed by atoms with Crippen molar-refractivity contribution in [3.8, 4) is 0 Å². The minimum Gasteiger partial charge on any atom is -0.476 e. The predicted molar refractivity (Wildman–Crippen MR) is 52.1 cm³/mol. The van der Waals surface area contributed by atoms with Gasteiger partial charge in [-0.15, -0.1) is 11.3 Å². The Hall–Kier alpha value is -1.14. The predicted octanol–water partition coefficient (Wildman–Crippen LogP) is 0.678. The van der Waals surface area contributed by atoms with Gasteiger partial charge in [0.2, 0.25) is 0 Å². The number of hydrogen-bond acceptors (Lipinski definition) is 5. The van der Waals surface area contributed by atoms with E-state index in [4.69, 9.17) is 9.84 Å². The quantitative estimate of drug-likeness (QED) is 0.784. The molecule has 0 atom stereocenters. The smallest absolute Gasteiger partial charge is 0.355 e. The van der Waals surface area contributed by atoms with Crippen LogP contribution in [-0.4, -0.2) is 42.4 Å². The molecule has 0 bridgehead atoms. The second-order valence-electron chi connectivity index (χ2n) is 2.92. The van der Waals surface area contributed by atoms with Gasteiger partial charge in [0.15, 0.2) is 10.8 Å². The standard InChI is InChI=1S/C8H10N2O3S/c11-7(12)6-5-14-8(9-6)10-1-3-13-4-2-10/h5H,1-4H2,(H,11,12). The van der Waals surface area contributed by atoms with Crippen LogP contribution in [-0.2, 0) is 4.74 Å². The third-order valence-corrected chi connectivity index (χ3v) is 2.89. The number of aromatic nitrogens is 1. The van der Waals surface area contributed by atoms with Crippen LogP contribution in [0.4, 0.5) is 5.13 Å². The Morgan fingerprint density at radius 1 is 1.57 bits per heavy atom. The molecular formula is C8H10N2O3S. The molecular weight excluding hydrogens is 204 g/mol. The fourth-order valence-electron chi connectivity index (χ4n) is 1.26. The summed E-state index contributed by atoms with van der Waals surface area (Å²) < 4.78 is 5.19. The first-order chi connectivity index (χ1) is 6.77. The monoisotopic (exact) mass is 214 g/mol. The molecule has 1 aliphatic heterocycles. The molecule has 1 fully saturated rings. The van der Waals surface area contributed by atoms with Gasteiger partial charge in [-0.3, -0.25) is 0 Å². The summed E-state index contributed by atoms with van der Waals surface area (Å²) in [6.45, 7) is 2.93. The van der Waals surface area contributed by atoms with Crippen LogP contribution < -0.4 is 4.90 Å². The summed E-state index contributed by atoms with van der Waals surface area (Å²) in [6, 6.07) is 0. The number of ether oxygens (including phenoxy) is 1. The van der Waals surface area contributed by atoms with Crippen molar-refractivity contribution in [2.45, 2.75) is 0 Å². The molecule has 1 aromatic heterocycles. The molecule has 0 aliphatic carbocycles. The van der Waals surface area contributed by atoms with Gasteiger partial charge in [-0.05, 0) is 0 Å². The lowest BCUT2D eigenvalue weighted by Gasteiger charge is -2.25. The van der Waals surface area contributed by atoms with E-state index >= 15 is 0 Å². The van der Waals surface area contributed by atoms with Crippen molar-refractivity contribution in [1.82, 2.24) is 4.98 Å². The Balaban J connectivity index is 2.11. The zero-order valence-electron chi connectivity index (χ0n) is 7.47. The van der Waals surface area contributed by atoms with Crippen molar-refractivity contribution in [2.75, 3.05) is 31.2 Å². The van der Waals surface area contributed by atoms with Crippen molar-refractivity contribution >= 4 is 22.4 Å². The van der Waals surface area contributed by atoms with Gasteiger partial charge in [-0.25, -0.2) is 9.78 Å². The van der Waals surface area contributed by atoms with Crippen molar-refractivity contribution in [1.29, 1.82) is 0 Å². The number of morpholine rings is 1. The average Bonchev–Trinajstić information content (AvgIpc) is 2.68. The van der Waals surface area contributed by atoms with Gasteiger partial charge < -0.3 is 14.7 Å². The van der Waals surface area contributed by atoms with E-state index in [0.29, 0.717) is 13.2 Å². The Morgan fingerprint density at radius 3 is 2.86 bits per heavy atom. The molecule has 76 valence electrons. The second-order valence-corrected chi connectivity index (χ2v) is 3.76. The van der Waals surface area contributed by atoms with Gasteiger partial charge in [-0.2, -0.15) is 0 Å². The van der Waals surface area contributed by atoms with Crippen LogP contribution >= 0.6 is 11.3 Å². The van der Waals surface area contributed by atoms with E-state index in [9.17, 15) is 4.79 Å². The number of anilines is 1. The molecule has 0 aromatic carbocycles. The number of nitrogens with zero attached hydrogens (tertiary/aromatic N) is 2. The fraction of sp³-hybridized carbons (Fsp3) is 0.500. The first kappa shape index (κ1) is 9.42. The average molecular weight is 214 g/mol. The molecule has 1 aliphatic rings. The number of aromatic carboxylic acids is 1. The maximum absolute atomic E-state index is 10.6. The minimum absolute atomic E-state index is 0.122. The molecule has 14 heavy (non-hydrogen) atoms. The summed E-state index contributed by atoms with van der Waals surface area (Å²) in [5, 5.41) is 11.0. The second kappa shape index (κ2) is 3.93. The fourth-order valence-corrected chi connectivity index (χ4v) is 2.12. The highest BCUT2D eigenvalue weighted by molar-refractivity contribution is 7.13. The highest BCUT2D eigenvalue weighted by Gasteiger charge is 2.16. The molecule has 1 aromatic rings. The highest BCUT2D eigenvalue weighted by Crippen LogP contribution is 2.21. The molecule has 0 radical (unpaired) electrons. The van der Waals surface area contributed by atoms with Crippen molar-refractivity contribution in [3.63, 3.8) is 0 Å². The van der Waals surface area contributed by atoms with Crippen molar-refractivity contribution in [3.05, 3.63) is 11.1 Å². The minimum atomic E-state index is -0.972. The topological polar surface area (TPSA) is 62.7 Å². The number of hydrogen-bond donors (Lipinski definition) is 1. The summed E-state index contributed by atoms with van der Waals surface area (Å²) in [7, 11) is 0. The maximum atomic E-state index is 10.6. The van der Waals surface area contributed by atoms with Crippen molar-refractivity contribution in [2.24, 2.45) is 0 Å². The van der Waals surface area contributed by atoms with E-state index in [0.717, 1.165) is 18.2 Å². The van der Waals surface area contributed by atoms with Crippen LogP contribution in [0.15, 0.2) is 5.38 Å². The molecule has 0 saturated carbocycles. The summed E-state index contributed by atoms with van der Waals surface area (Å²) in [4.78, 5) is 16.7. The highest BCUT2D eigenvalue weighted by atomic mass is 32.1. The van der Waals surface area contributed by atoms with Gasteiger partial charge in [0.05, 0.1) is 13.2 Å². The van der Waals surface area contributed by atoms with Crippen molar-refractivity contribution < 1.29 is 14.6 Å². The third-order valence-electron chi connectivity index (χ3n) is 1.99. The molecule has 1 N–H and O–H groups in total. The molecule has 1 saturated heterocycles. The van der Waals surface area contributed by atoms with Crippen LogP contribution in [0.3, 0.4) is 0 Å². The third kappa shape index (κ3) is 1.85.